The molecule has 1 aromatic carbocycles. The third-order valence-corrected chi connectivity index (χ3v) is 3.72. The lowest BCUT2D eigenvalue weighted by Gasteiger charge is -2.10. The van der Waals surface area contributed by atoms with Gasteiger partial charge in [-0.2, -0.15) is 0 Å². The van der Waals surface area contributed by atoms with Crippen molar-refractivity contribution in [2.24, 2.45) is 0 Å². The molecule has 0 aliphatic rings. The molecule has 1 N–H and O–H groups in total. The summed E-state index contributed by atoms with van der Waals surface area (Å²) in [5.74, 6) is 0. The van der Waals surface area contributed by atoms with Gasteiger partial charge in [-0.3, -0.25) is 4.98 Å². The van der Waals surface area contributed by atoms with E-state index in [0.717, 1.165) is 10.2 Å². The molecule has 2 rings (SSSR count). The van der Waals surface area contributed by atoms with Crippen LogP contribution in [0, 0.1) is 0 Å². The van der Waals surface area contributed by atoms with Gasteiger partial charge in [0.1, 0.15) is 0 Å². The monoisotopic (exact) mass is 350 g/mol. The number of hydrogen-bond acceptors (Lipinski definition) is 2. The highest BCUT2D eigenvalue weighted by Crippen LogP contribution is 2.35. The van der Waals surface area contributed by atoms with E-state index in [1.807, 2.05) is 6.07 Å². The summed E-state index contributed by atoms with van der Waals surface area (Å²) in [5.41, 5.74) is 1.54. The van der Waals surface area contributed by atoms with Crippen molar-refractivity contribution in [2.45, 2.75) is 0 Å². The maximum absolute atomic E-state index is 6.07. The number of nitrogens with zero attached hydrogens (tertiary/aromatic N) is 1. The van der Waals surface area contributed by atoms with Crippen LogP contribution in [0.3, 0.4) is 0 Å². The molecule has 0 aliphatic heterocycles. The van der Waals surface area contributed by atoms with E-state index in [1.54, 1.807) is 24.5 Å². The van der Waals surface area contributed by atoms with Crippen LogP contribution >= 0.6 is 50.7 Å². The molecule has 0 fully saturated rings. The minimum atomic E-state index is 0.427. The summed E-state index contributed by atoms with van der Waals surface area (Å²) >= 11 is 21.2. The first-order valence-corrected chi connectivity index (χ1v) is 6.51. The van der Waals surface area contributed by atoms with Crippen molar-refractivity contribution in [3.05, 3.63) is 50.1 Å². The SMILES string of the molecule is Clc1cc(Cl)c(Nc2ccncc2Br)cc1Cl. The lowest BCUT2D eigenvalue weighted by atomic mass is 10.3. The third-order valence-electron chi connectivity index (χ3n) is 2.05. The molecule has 6 heteroatoms. The molecule has 0 amide bonds. The Labute approximate surface area is 122 Å². The third kappa shape index (κ3) is 3.05. The molecule has 88 valence electrons. The minimum absolute atomic E-state index is 0.427. The number of nitrogens with one attached hydrogen (secondary N) is 1. The number of pyridine rings is 1. The van der Waals surface area contributed by atoms with Gasteiger partial charge in [-0.25, -0.2) is 0 Å². The molecule has 0 unspecified atom stereocenters. The molecule has 1 aromatic heterocycles. The summed E-state index contributed by atoms with van der Waals surface area (Å²) in [5, 5.41) is 4.52. The van der Waals surface area contributed by atoms with E-state index >= 15 is 0 Å². The molecule has 0 aliphatic carbocycles. The second-order valence-electron chi connectivity index (χ2n) is 3.23. The normalized spacial score (nSPS) is 10.4. The Bertz CT molecular complexity index is 560. The van der Waals surface area contributed by atoms with Gasteiger partial charge in [0.25, 0.3) is 0 Å². The fourth-order valence-electron chi connectivity index (χ4n) is 1.24. The Hall–Kier alpha value is -0.480. The van der Waals surface area contributed by atoms with Gasteiger partial charge >= 0.3 is 0 Å². The van der Waals surface area contributed by atoms with E-state index in [-0.39, 0.29) is 0 Å². The fourth-order valence-corrected chi connectivity index (χ4v) is 2.18. The van der Waals surface area contributed by atoms with Crippen LogP contribution in [0.5, 0.6) is 0 Å². The van der Waals surface area contributed by atoms with E-state index in [2.05, 4.69) is 26.2 Å². The van der Waals surface area contributed by atoms with Crippen molar-refractivity contribution in [3.63, 3.8) is 0 Å². The minimum Gasteiger partial charge on any atom is -0.353 e. The first-order chi connectivity index (χ1) is 8.08. The molecule has 0 saturated heterocycles. The van der Waals surface area contributed by atoms with Gasteiger partial charge in [0.2, 0.25) is 0 Å². The van der Waals surface area contributed by atoms with Crippen molar-refractivity contribution in [3.8, 4) is 0 Å². The fraction of sp³-hybridized carbons (Fsp3) is 0. The predicted molar refractivity (Wildman–Crippen MR) is 76.7 cm³/mol. The van der Waals surface area contributed by atoms with Crippen molar-refractivity contribution < 1.29 is 0 Å². The van der Waals surface area contributed by atoms with Crippen molar-refractivity contribution in [1.29, 1.82) is 0 Å². The largest absolute Gasteiger partial charge is 0.353 e. The first-order valence-electron chi connectivity index (χ1n) is 4.59. The predicted octanol–water partition coefficient (Wildman–Crippen LogP) is 5.55. The lowest BCUT2D eigenvalue weighted by molar-refractivity contribution is 1.30. The Morgan fingerprint density at radius 3 is 2.41 bits per heavy atom. The highest BCUT2D eigenvalue weighted by molar-refractivity contribution is 9.10. The van der Waals surface area contributed by atoms with Crippen LogP contribution in [0.4, 0.5) is 11.4 Å². The zero-order valence-electron chi connectivity index (χ0n) is 8.35. The van der Waals surface area contributed by atoms with Gasteiger partial charge in [-0.15, -0.1) is 0 Å². The zero-order valence-corrected chi connectivity index (χ0v) is 12.2. The van der Waals surface area contributed by atoms with Crippen LogP contribution in [-0.2, 0) is 0 Å². The van der Waals surface area contributed by atoms with Crippen LogP contribution in [0.2, 0.25) is 15.1 Å². The molecule has 2 aromatic rings. The summed E-state index contributed by atoms with van der Waals surface area (Å²) in [4.78, 5) is 3.97. The molecule has 0 saturated carbocycles. The molecule has 0 spiro atoms. The maximum atomic E-state index is 6.07. The quantitative estimate of drug-likeness (QED) is 0.717. The summed E-state index contributed by atoms with van der Waals surface area (Å²) in [7, 11) is 0. The van der Waals surface area contributed by atoms with Gasteiger partial charge in [0, 0.05) is 12.4 Å². The average molecular weight is 352 g/mol. The van der Waals surface area contributed by atoms with Gasteiger partial charge < -0.3 is 5.32 Å². The van der Waals surface area contributed by atoms with Crippen LogP contribution < -0.4 is 5.32 Å². The van der Waals surface area contributed by atoms with Crippen molar-refractivity contribution >= 4 is 62.1 Å². The summed E-state index contributed by atoms with van der Waals surface area (Å²) in [6.07, 6.45) is 3.37. The molecule has 0 atom stereocenters. The summed E-state index contributed by atoms with van der Waals surface area (Å²) in [6.45, 7) is 0. The Morgan fingerprint density at radius 2 is 1.71 bits per heavy atom. The molecule has 1 heterocycles. The number of aromatic nitrogens is 1. The van der Waals surface area contributed by atoms with Crippen molar-refractivity contribution in [1.82, 2.24) is 4.98 Å². The highest BCUT2D eigenvalue weighted by Gasteiger charge is 2.07. The van der Waals surface area contributed by atoms with E-state index < -0.39 is 0 Å². The van der Waals surface area contributed by atoms with Gasteiger partial charge in [-0.1, -0.05) is 34.8 Å². The van der Waals surface area contributed by atoms with E-state index in [1.165, 1.54) is 0 Å². The molecular weight excluding hydrogens is 346 g/mol. The number of benzene rings is 1. The number of halogens is 4. The van der Waals surface area contributed by atoms with Gasteiger partial charge in [0.05, 0.1) is 30.9 Å². The highest BCUT2D eigenvalue weighted by atomic mass is 79.9. The Kier molecular flexibility index (Phi) is 4.15. The summed E-state index contributed by atoms with van der Waals surface area (Å²) < 4.78 is 0.835. The van der Waals surface area contributed by atoms with Gasteiger partial charge in [-0.05, 0) is 34.1 Å². The molecule has 0 bridgehead atoms. The van der Waals surface area contributed by atoms with Crippen molar-refractivity contribution in [2.75, 3.05) is 5.32 Å². The van der Waals surface area contributed by atoms with Crippen LogP contribution in [0.25, 0.3) is 0 Å². The number of hydrogen-bond donors (Lipinski definition) is 1. The maximum Gasteiger partial charge on any atom is 0.0656 e. The van der Waals surface area contributed by atoms with E-state index in [0.29, 0.717) is 20.8 Å². The zero-order chi connectivity index (χ0) is 12.4. The van der Waals surface area contributed by atoms with Crippen LogP contribution in [0.15, 0.2) is 35.1 Å². The Morgan fingerprint density at radius 1 is 1.00 bits per heavy atom. The van der Waals surface area contributed by atoms with Gasteiger partial charge in [0.15, 0.2) is 0 Å². The molecule has 17 heavy (non-hydrogen) atoms. The van der Waals surface area contributed by atoms with Crippen LogP contribution in [-0.4, -0.2) is 4.98 Å². The smallest absolute Gasteiger partial charge is 0.0656 e. The first kappa shape index (κ1) is 13.0. The second kappa shape index (κ2) is 5.44. The molecular formula is C11H6BrCl3N2. The number of anilines is 2. The topological polar surface area (TPSA) is 24.9 Å². The van der Waals surface area contributed by atoms with E-state index in [9.17, 15) is 0 Å². The van der Waals surface area contributed by atoms with Crippen LogP contribution in [0.1, 0.15) is 0 Å². The second-order valence-corrected chi connectivity index (χ2v) is 5.30. The summed E-state index contributed by atoms with van der Waals surface area (Å²) in [6, 6.07) is 5.10. The average Bonchev–Trinajstić information content (AvgIpc) is 2.29. The van der Waals surface area contributed by atoms with E-state index in [4.69, 9.17) is 34.8 Å². The lowest BCUT2D eigenvalue weighted by Crippen LogP contribution is -1.93. The number of rotatable bonds is 2. The molecule has 2 nitrogen and oxygen atoms in total. The Balaban J connectivity index is 2.37. The molecule has 0 radical (unpaired) electrons. The standard InChI is InChI=1S/C11H6BrCl3N2/c12-6-5-16-2-1-10(6)17-11-4-8(14)7(13)3-9(11)15/h1-5H,(H,16,17).